The zero-order valence-corrected chi connectivity index (χ0v) is 18.7. The first-order valence-corrected chi connectivity index (χ1v) is 9.58. The van der Waals surface area contributed by atoms with Crippen LogP contribution in [0.5, 0.6) is 0 Å². The number of rotatable bonds is 8. The summed E-state index contributed by atoms with van der Waals surface area (Å²) in [6.07, 6.45) is 2.64. The molecule has 1 saturated carbocycles. The van der Waals surface area contributed by atoms with Crippen molar-refractivity contribution >= 4 is 29.9 Å². The van der Waals surface area contributed by atoms with Gasteiger partial charge in [0.25, 0.3) is 0 Å². The van der Waals surface area contributed by atoms with Crippen LogP contribution in [0.2, 0.25) is 0 Å². The highest BCUT2D eigenvalue weighted by Gasteiger charge is 2.35. The fraction of sp³-hybridized carbons (Fsp3) is 0.944. The number of nitrogens with one attached hydrogen (secondary N) is 2. The Bertz CT molecular complexity index is 456. The van der Waals surface area contributed by atoms with E-state index in [1.54, 1.807) is 14.2 Å². The number of guanidine groups is 1. The van der Waals surface area contributed by atoms with Crippen LogP contribution in [0.15, 0.2) is 4.99 Å². The molecule has 0 bridgehead atoms. The van der Waals surface area contributed by atoms with Gasteiger partial charge in [-0.2, -0.15) is 13.2 Å². The molecule has 2 rings (SSSR count). The molecule has 1 unspecified atom stereocenters. The predicted molar refractivity (Wildman–Crippen MR) is 113 cm³/mol. The summed E-state index contributed by atoms with van der Waals surface area (Å²) in [5, 5.41) is 6.72. The van der Waals surface area contributed by atoms with Gasteiger partial charge in [0.05, 0.1) is 6.54 Å². The smallest absolute Gasteiger partial charge is 0.385 e. The van der Waals surface area contributed by atoms with Crippen molar-refractivity contribution in [2.45, 2.75) is 44.7 Å². The Morgan fingerprint density at radius 1 is 1.26 bits per heavy atom. The van der Waals surface area contributed by atoms with Gasteiger partial charge in [0.15, 0.2) is 5.96 Å². The van der Waals surface area contributed by atoms with Crippen molar-refractivity contribution < 1.29 is 17.9 Å². The largest absolute Gasteiger partial charge is 0.401 e. The van der Waals surface area contributed by atoms with Crippen LogP contribution >= 0.6 is 24.0 Å². The average molecular weight is 506 g/mol. The quantitative estimate of drug-likeness (QED) is 0.302. The predicted octanol–water partition coefficient (Wildman–Crippen LogP) is 3.25. The Kier molecular flexibility index (Phi) is 10.7. The van der Waals surface area contributed by atoms with Gasteiger partial charge < -0.3 is 15.4 Å². The summed E-state index contributed by atoms with van der Waals surface area (Å²) in [6, 6.07) is 0. The van der Waals surface area contributed by atoms with Gasteiger partial charge in [0.1, 0.15) is 0 Å². The molecule has 1 saturated heterocycles. The average Bonchev–Trinajstić information content (AvgIpc) is 3.22. The molecule has 0 spiro atoms. The molecule has 0 amide bonds. The second-order valence-electron chi connectivity index (χ2n) is 7.76. The second-order valence-corrected chi connectivity index (χ2v) is 7.76. The summed E-state index contributed by atoms with van der Waals surface area (Å²) in [6.45, 7) is 2.47. The SMILES string of the molecule is CN=C(NCC1CCN(CC(F)(F)F)C1)NCC1(CCOC)CCCC1.I. The van der Waals surface area contributed by atoms with Gasteiger partial charge in [-0.15, -0.1) is 24.0 Å². The molecule has 0 aromatic carbocycles. The van der Waals surface area contributed by atoms with E-state index in [1.807, 2.05) is 0 Å². The van der Waals surface area contributed by atoms with E-state index in [0.717, 1.165) is 32.0 Å². The molecule has 1 aliphatic heterocycles. The molecule has 0 radical (unpaired) electrons. The molecule has 2 N–H and O–H groups in total. The van der Waals surface area contributed by atoms with Crippen LogP contribution in [0.3, 0.4) is 0 Å². The molecule has 5 nitrogen and oxygen atoms in total. The third kappa shape index (κ3) is 8.72. The second kappa shape index (κ2) is 11.6. The Hall–Kier alpha value is -0.290. The van der Waals surface area contributed by atoms with Crippen molar-refractivity contribution in [2.75, 3.05) is 53.5 Å². The molecule has 0 aromatic rings. The van der Waals surface area contributed by atoms with Crippen LogP contribution in [0.4, 0.5) is 13.2 Å². The number of likely N-dealkylation sites (tertiary alicyclic amines) is 1. The fourth-order valence-corrected chi connectivity index (χ4v) is 4.17. The third-order valence-electron chi connectivity index (χ3n) is 5.69. The number of halogens is 4. The summed E-state index contributed by atoms with van der Waals surface area (Å²) in [4.78, 5) is 5.76. The lowest BCUT2D eigenvalue weighted by atomic mass is 9.83. The van der Waals surface area contributed by atoms with Crippen LogP contribution in [0, 0.1) is 11.3 Å². The van der Waals surface area contributed by atoms with E-state index < -0.39 is 12.7 Å². The van der Waals surface area contributed by atoms with Crippen molar-refractivity contribution in [1.82, 2.24) is 15.5 Å². The van der Waals surface area contributed by atoms with Crippen LogP contribution in [-0.4, -0.2) is 70.5 Å². The molecular weight excluding hydrogens is 472 g/mol. The minimum Gasteiger partial charge on any atom is -0.385 e. The third-order valence-corrected chi connectivity index (χ3v) is 5.69. The maximum Gasteiger partial charge on any atom is 0.401 e. The van der Waals surface area contributed by atoms with Gasteiger partial charge in [0.2, 0.25) is 0 Å². The monoisotopic (exact) mass is 506 g/mol. The molecule has 160 valence electrons. The maximum atomic E-state index is 12.5. The van der Waals surface area contributed by atoms with Crippen molar-refractivity contribution in [3.63, 3.8) is 0 Å². The summed E-state index contributed by atoms with van der Waals surface area (Å²) in [7, 11) is 3.47. The van der Waals surface area contributed by atoms with Crippen molar-refractivity contribution in [3.05, 3.63) is 0 Å². The highest BCUT2D eigenvalue weighted by molar-refractivity contribution is 14.0. The van der Waals surface area contributed by atoms with Gasteiger partial charge in [-0.25, -0.2) is 0 Å². The minimum atomic E-state index is -4.11. The Labute approximate surface area is 177 Å². The standard InChI is InChI=1S/C18H33F3N4O.HI/c1-22-16(24-13-17(8-10-26-2)6-3-4-7-17)23-11-15-5-9-25(12-15)14-18(19,20)21;/h15H,3-14H2,1-2H3,(H2,22,23,24);1H. The summed E-state index contributed by atoms with van der Waals surface area (Å²) < 4.78 is 42.7. The molecular formula is C18H34F3IN4O. The van der Waals surface area contributed by atoms with Gasteiger partial charge in [-0.3, -0.25) is 9.89 Å². The van der Waals surface area contributed by atoms with E-state index in [4.69, 9.17) is 4.74 Å². The van der Waals surface area contributed by atoms with E-state index in [1.165, 1.54) is 30.6 Å². The zero-order chi connectivity index (χ0) is 19.0. The molecule has 1 aliphatic carbocycles. The summed E-state index contributed by atoms with van der Waals surface area (Å²) >= 11 is 0. The number of hydrogen-bond donors (Lipinski definition) is 2. The van der Waals surface area contributed by atoms with Crippen molar-refractivity contribution in [1.29, 1.82) is 0 Å². The molecule has 2 aliphatic rings. The number of aliphatic imine (C=N–C) groups is 1. The molecule has 0 aromatic heterocycles. The number of alkyl halides is 3. The van der Waals surface area contributed by atoms with E-state index in [0.29, 0.717) is 19.6 Å². The van der Waals surface area contributed by atoms with Crippen molar-refractivity contribution in [3.8, 4) is 0 Å². The normalized spacial score (nSPS) is 23.3. The highest BCUT2D eigenvalue weighted by atomic mass is 127. The summed E-state index contributed by atoms with van der Waals surface area (Å²) in [5.74, 6) is 0.966. The van der Waals surface area contributed by atoms with Crippen LogP contribution in [-0.2, 0) is 4.74 Å². The highest BCUT2D eigenvalue weighted by Crippen LogP contribution is 2.40. The maximum absolute atomic E-state index is 12.5. The van der Waals surface area contributed by atoms with E-state index in [-0.39, 0.29) is 35.3 Å². The number of nitrogens with zero attached hydrogens (tertiary/aromatic N) is 2. The van der Waals surface area contributed by atoms with Gasteiger partial charge >= 0.3 is 6.18 Å². The van der Waals surface area contributed by atoms with Gasteiger partial charge in [-0.05, 0) is 43.6 Å². The van der Waals surface area contributed by atoms with E-state index in [2.05, 4.69) is 15.6 Å². The Morgan fingerprint density at radius 2 is 1.96 bits per heavy atom. The molecule has 9 heteroatoms. The van der Waals surface area contributed by atoms with Crippen molar-refractivity contribution in [2.24, 2.45) is 16.3 Å². The van der Waals surface area contributed by atoms with Crippen LogP contribution < -0.4 is 10.6 Å². The fourth-order valence-electron chi connectivity index (χ4n) is 4.17. The van der Waals surface area contributed by atoms with Gasteiger partial charge in [-0.1, -0.05) is 12.8 Å². The van der Waals surface area contributed by atoms with E-state index in [9.17, 15) is 13.2 Å². The topological polar surface area (TPSA) is 48.9 Å². The minimum absolute atomic E-state index is 0. The van der Waals surface area contributed by atoms with Gasteiger partial charge in [0, 0.05) is 40.4 Å². The lowest BCUT2D eigenvalue weighted by Gasteiger charge is -2.30. The first kappa shape index (κ1) is 24.7. The Morgan fingerprint density at radius 3 is 2.56 bits per heavy atom. The number of ether oxygens (including phenoxy) is 1. The van der Waals surface area contributed by atoms with E-state index >= 15 is 0 Å². The zero-order valence-electron chi connectivity index (χ0n) is 16.4. The first-order valence-electron chi connectivity index (χ1n) is 9.58. The van der Waals surface area contributed by atoms with Crippen LogP contribution in [0.1, 0.15) is 38.5 Å². The van der Waals surface area contributed by atoms with Crippen LogP contribution in [0.25, 0.3) is 0 Å². The first-order chi connectivity index (χ1) is 12.4. The molecule has 2 fully saturated rings. The Balaban J connectivity index is 0.00000364. The molecule has 27 heavy (non-hydrogen) atoms. The lowest BCUT2D eigenvalue weighted by Crippen LogP contribution is -2.45. The lowest BCUT2D eigenvalue weighted by molar-refractivity contribution is -0.143. The number of methoxy groups -OCH3 is 1. The molecule has 1 heterocycles. The molecule has 1 atom stereocenters. The number of hydrogen-bond acceptors (Lipinski definition) is 3. The summed E-state index contributed by atoms with van der Waals surface area (Å²) in [5.41, 5.74) is 0.268.